The maximum Gasteiger partial charge on any atom is 0.0857 e. The van der Waals surface area contributed by atoms with Gasteiger partial charge in [0.25, 0.3) is 0 Å². The maximum atomic E-state index is 4.10. The van der Waals surface area contributed by atoms with Crippen LogP contribution in [0.2, 0.25) is 0 Å². The van der Waals surface area contributed by atoms with Gasteiger partial charge in [-0.25, -0.2) is 24.3 Å². The fourth-order valence-corrected chi connectivity index (χ4v) is 1.75. The van der Waals surface area contributed by atoms with E-state index in [1.807, 2.05) is 121 Å². The minimum atomic E-state index is 0. The summed E-state index contributed by atoms with van der Waals surface area (Å²) in [4.78, 5) is 0. The molecule has 0 aliphatic rings. The quantitative estimate of drug-likeness (QED) is 0.211. The third-order valence-electron chi connectivity index (χ3n) is 2.90. The van der Waals surface area contributed by atoms with Crippen molar-refractivity contribution in [2.75, 3.05) is 0 Å². The van der Waals surface area contributed by atoms with E-state index in [-0.39, 0.29) is 21.7 Å². The molecule has 0 atom stereocenters. The molecule has 4 aromatic rings. The maximum absolute atomic E-state index is 4.10. The average molecular weight is 360 g/mol. The first-order chi connectivity index (χ1) is 11.9. The number of nitrogens with zero attached hydrogens (tertiary/aromatic N) is 2. The van der Waals surface area contributed by atoms with E-state index in [0.717, 1.165) is 11.4 Å². The fraction of sp³-hybridized carbons (Fsp3) is 0. The summed E-state index contributed by atoms with van der Waals surface area (Å²) >= 11 is 0. The summed E-state index contributed by atoms with van der Waals surface area (Å²) in [5.74, 6) is 0. The molecule has 2 nitrogen and oxygen atoms in total. The van der Waals surface area contributed by atoms with Crippen LogP contribution in [0.3, 0.4) is 0 Å². The largest absolute Gasteiger partial charge is 0.214 e. The molecule has 0 N–H and O–H groups in total. The van der Waals surface area contributed by atoms with Crippen LogP contribution in [0.15, 0.2) is 132 Å². The zero-order valence-corrected chi connectivity index (χ0v) is 15.5. The first kappa shape index (κ1) is 20.5. The van der Waals surface area contributed by atoms with Gasteiger partial charge in [-0.2, -0.15) is 46.6 Å². The van der Waals surface area contributed by atoms with E-state index in [2.05, 4.69) is 10.2 Å². The molecule has 124 valence electrons. The zero-order chi connectivity index (χ0) is 16.7. The van der Waals surface area contributed by atoms with Crippen LogP contribution in [0.25, 0.3) is 0 Å². The van der Waals surface area contributed by atoms with E-state index in [1.54, 1.807) is 0 Å². The molecule has 3 heteroatoms. The van der Waals surface area contributed by atoms with Crippen LogP contribution in [0.4, 0.5) is 11.4 Å². The molecule has 4 rings (SSSR count). The van der Waals surface area contributed by atoms with E-state index < -0.39 is 0 Å². The molecular formula is C22H20N2Ti-2. The molecule has 25 heavy (non-hydrogen) atoms. The SMILES string of the molecule is [Ti].c1cc[cH-]c1.c1cc[cH-]c1.c1ccc(N=Nc2ccccc2)cc1. The minimum Gasteiger partial charge on any atom is -0.214 e. The van der Waals surface area contributed by atoms with Gasteiger partial charge in [-0.05, 0) is 24.3 Å². The van der Waals surface area contributed by atoms with Crippen molar-refractivity contribution in [2.45, 2.75) is 0 Å². The molecule has 0 aromatic heterocycles. The second-order valence-electron chi connectivity index (χ2n) is 4.80. The molecule has 0 bridgehead atoms. The molecule has 0 aliphatic carbocycles. The average Bonchev–Trinajstić information content (AvgIpc) is 3.40. The van der Waals surface area contributed by atoms with E-state index >= 15 is 0 Å². The van der Waals surface area contributed by atoms with Gasteiger partial charge in [-0.1, -0.05) is 36.4 Å². The van der Waals surface area contributed by atoms with Gasteiger partial charge in [-0.3, -0.25) is 0 Å². The summed E-state index contributed by atoms with van der Waals surface area (Å²) in [6.07, 6.45) is 0. The van der Waals surface area contributed by atoms with Crippen molar-refractivity contribution >= 4 is 11.4 Å². The van der Waals surface area contributed by atoms with Gasteiger partial charge in [0.2, 0.25) is 0 Å². The number of hydrogen-bond acceptors (Lipinski definition) is 2. The summed E-state index contributed by atoms with van der Waals surface area (Å²) in [7, 11) is 0. The Morgan fingerprint density at radius 3 is 1.00 bits per heavy atom. The van der Waals surface area contributed by atoms with Crippen LogP contribution < -0.4 is 0 Å². The Morgan fingerprint density at radius 2 is 0.760 bits per heavy atom. The normalized spacial score (nSPS) is 9.12. The molecule has 4 aromatic carbocycles. The number of hydrogen-bond donors (Lipinski definition) is 0. The van der Waals surface area contributed by atoms with Gasteiger partial charge in [-0.15, -0.1) is 0 Å². The number of rotatable bonds is 2. The number of benzene rings is 2. The Morgan fingerprint density at radius 1 is 0.440 bits per heavy atom. The van der Waals surface area contributed by atoms with Crippen molar-refractivity contribution in [1.29, 1.82) is 0 Å². The standard InChI is InChI=1S/C12H10N2.2C5H5.Ti/c1-3-7-11(8-4-1)13-14-12-9-5-2-6-10-12;2*1-2-4-5-3-1;/h1-10H;2*1-5H;/q;2*-1;. The van der Waals surface area contributed by atoms with Crippen LogP contribution in [0, 0.1) is 0 Å². The molecule has 0 radical (unpaired) electrons. The van der Waals surface area contributed by atoms with Crippen molar-refractivity contribution in [3.05, 3.63) is 121 Å². The topological polar surface area (TPSA) is 24.7 Å². The second kappa shape index (κ2) is 13.9. The van der Waals surface area contributed by atoms with Crippen molar-refractivity contribution in [3.8, 4) is 0 Å². The molecule has 0 spiro atoms. The van der Waals surface area contributed by atoms with Gasteiger partial charge in [0.05, 0.1) is 11.4 Å². The Kier molecular flexibility index (Phi) is 11.4. The Hall–Kier alpha value is -2.55. The van der Waals surface area contributed by atoms with Crippen LogP contribution in [0.5, 0.6) is 0 Å². The van der Waals surface area contributed by atoms with Crippen LogP contribution in [-0.4, -0.2) is 0 Å². The third kappa shape index (κ3) is 10.0. The molecule has 0 heterocycles. The van der Waals surface area contributed by atoms with E-state index in [0.29, 0.717) is 0 Å². The van der Waals surface area contributed by atoms with Crippen molar-refractivity contribution < 1.29 is 21.7 Å². The van der Waals surface area contributed by atoms with Gasteiger partial charge in [0.1, 0.15) is 0 Å². The monoisotopic (exact) mass is 360 g/mol. The van der Waals surface area contributed by atoms with E-state index in [9.17, 15) is 0 Å². The first-order valence-corrected chi connectivity index (χ1v) is 7.80. The summed E-state index contributed by atoms with van der Waals surface area (Å²) in [5, 5.41) is 8.20. The molecule has 0 aliphatic heterocycles. The van der Waals surface area contributed by atoms with Crippen molar-refractivity contribution in [3.63, 3.8) is 0 Å². The smallest absolute Gasteiger partial charge is 0.0857 e. The van der Waals surface area contributed by atoms with E-state index in [4.69, 9.17) is 0 Å². The van der Waals surface area contributed by atoms with E-state index in [1.165, 1.54) is 0 Å². The fourth-order valence-electron chi connectivity index (χ4n) is 1.75. The molecule has 0 fully saturated rings. The summed E-state index contributed by atoms with van der Waals surface area (Å²) < 4.78 is 0. The molecular weight excluding hydrogens is 340 g/mol. The summed E-state index contributed by atoms with van der Waals surface area (Å²) in [5.41, 5.74) is 1.74. The molecule has 0 saturated heterocycles. The van der Waals surface area contributed by atoms with Crippen LogP contribution in [-0.2, 0) is 21.7 Å². The summed E-state index contributed by atoms with van der Waals surface area (Å²) in [6, 6.07) is 39.4. The minimum absolute atomic E-state index is 0. The predicted molar refractivity (Wildman–Crippen MR) is 101 cm³/mol. The molecule has 0 unspecified atom stereocenters. The third-order valence-corrected chi connectivity index (χ3v) is 2.90. The molecule has 0 saturated carbocycles. The Labute approximate surface area is 164 Å². The Balaban J connectivity index is 0.000000233. The Bertz CT molecular complexity index is 644. The van der Waals surface area contributed by atoms with Gasteiger partial charge in [0, 0.05) is 21.7 Å². The van der Waals surface area contributed by atoms with Gasteiger partial charge >= 0.3 is 0 Å². The van der Waals surface area contributed by atoms with Crippen LogP contribution >= 0.6 is 0 Å². The van der Waals surface area contributed by atoms with Gasteiger partial charge < -0.3 is 0 Å². The second-order valence-corrected chi connectivity index (χ2v) is 4.80. The van der Waals surface area contributed by atoms with Crippen molar-refractivity contribution in [2.24, 2.45) is 10.2 Å². The van der Waals surface area contributed by atoms with Crippen LogP contribution in [0.1, 0.15) is 0 Å². The first-order valence-electron chi connectivity index (χ1n) is 7.80. The predicted octanol–water partition coefficient (Wildman–Crippen LogP) is 6.91. The summed E-state index contributed by atoms with van der Waals surface area (Å²) in [6.45, 7) is 0. The van der Waals surface area contributed by atoms with Crippen molar-refractivity contribution in [1.82, 2.24) is 0 Å². The number of azo groups is 1. The van der Waals surface area contributed by atoms with Gasteiger partial charge in [0.15, 0.2) is 0 Å². The zero-order valence-electron chi connectivity index (χ0n) is 13.9. The molecule has 0 amide bonds.